The molecular formula is C21H39N3O3. The molecule has 1 aliphatic heterocycles. The highest BCUT2D eigenvalue weighted by Gasteiger charge is 2.31. The summed E-state index contributed by atoms with van der Waals surface area (Å²) in [5.74, 6) is 0.693. The Labute approximate surface area is 164 Å². The number of aliphatic carboxylic acids is 1. The van der Waals surface area contributed by atoms with Crippen molar-refractivity contribution in [2.24, 2.45) is 17.3 Å². The summed E-state index contributed by atoms with van der Waals surface area (Å²) in [5, 5.41) is 12.1. The maximum Gasteiger partial charge on any atom is 0.317 e. The summed E-state index contributed by atoms with van der Waals surface area (Å²) in [6.45, 7) is 9.36. The zero-order chi connectivity index (χ0) is 20.0. The fourth-order valence-electron chi connectivity index (χ4n) is 5.32. The number of carboxylic acid groups (broad SMARTS) is 1. The van der Waals surface area contributed by atoms with Crippen molar-refractivity contribution in [3.8, 4) is 0 Å². The van der Waals surface area contributed by atoms with Crippen molar-refractivity contribution >= 4 is 12.0 Å². The molecule has 0 aromatic rings. The van der Waals surface area contributed by atoms with Gasteiger partial charge in [-0.2, -0.15) is 0 Å². The lowest BCUT2D eigenvalue weighted by Crippen LogP contribution is -2.42. The second kappa shape index (κ2) is 9.76. The van der Waals surface area contributed by atoms with Crippen molar-refractivity contribution in [2.75, 3.05) is 33.2 Å². The fraction of sp³-hybridized carbons (Fsp3) is 0.905. The van der Waals surface area contributed by atoms with Crippen LogP contribution in [0.5, 0.6) is 0 Å². The van der Waals surface area contributed by atoms with Crippen molar-refractivity contribution in [1.82, 2.24) is 15.1 Å². The molecule has 2 aliphatic rings. The number of urea groups is 1. The molecule has 27 heavy (non-hydrogen) atoms. The first kappa shape index (κ1) is 22.0. The molecule has 2 rings (SSSR count). The Morgan fingerprint density at radius 3 is 2.63 bits per heavy atom. The fourth-order valence-corrected chi connectivity index (χ4v) is 5.32. The molecule has 1 aliphatic carbocycles. The number of likely N-dealkylation sites (tertiary alicyclic amines) is 1. The zero-order valence-electron chi connectivity index (χ0n) is 17.7. The van der Waals surface area contributed by atoms with Gasteiger partial charge in [0.05, 0.1) is 6.54 Å². The molecule has 6 heteroatoms. The quantitative estimate of drug-likeness (QED) is 0.739. The van der Waals surface area contributed by atoms with Crippen LogP contribution in [0.25, 0.3) is 0 Å². The van der Waals surface area contributed by atoms with Gasteiger partial charge in [-0.15, -0.1) is 0 Å². The summed E-state index contributed by atoms with van der Waals surface area (Å²) in [6, 6.07) is 0.282. The maximum absolute atomic E-state index is 12.5. The number of carboxylic acids is 1. The smallest absolute Gasteiger partial charge is 0.317 e. The molecule has 156 valence electrons. The van der Waals surface area contributed by atoms with E-state index in [1.54, 1.807) is 0 Å². The molecule has 1 saturated carbocycles. The van der Waals surface area contributed by atoms with E-state index in [0.717, 1.165) is 44.7 Å². The van der Waals surface area contributed by atoms with Crippen LogP contribution in [0.4, 0.5) is 4.79 Å². The summed E-state index contributed by atoms with van der Waals surface area (Å²) in [6.07, 6.45) is 7.62. The van der Waals surface area contributed by atoms with Crippen LogP contribution in [0, 0.1) is 17.3 Å². The van der Waals surface area contributed by atoms with Crippen LogP contribution in [0.2, 0.25) is 0 Å². The molecule has 3 unspecified atom stereocenters. The Kier molecular flexibility index (Phi) is 7.95. The second-order valence-corrected chi connectivity index (χ2v) is 9.68. The van der Waals surface area contributed by atoms with Crippen LogP contribution in [-0.4, -0.2) is 66.2 Å². The number of nitrogens with zero attached hydrogens (tertiary/aromatic N) is 2. The van der Waals surface area contributed by atoms with Gasteiger partial charge in [0, 0.05) is 25.7 Å². The third-order valence-electron chi connectivity index (χ3n) is 6.30. The molecule has 1 saturated heterocycles. The highest BCUT2D eigenvalue weighted by molar-refractivity contribution is 5.74. The third kappa shape index (κ3) is 7.32. The molecule has 0 spiro atoms. The van der Waals surface area contributed by atoms with E-state index in [4.69, 9.17) is 5.11 Å². The topological polar surface area (TPSA) is 72.9 Å². The van der Waals surface area contributed by atoms with E-state index in [9.17, 15) is 9.59 Å². The van der Waals surface area contributed by atoms with Crippen molar-refractivity contribution in [3.05, 3.63) is 0 Å². The van der Waals surface area contributed by atoms with Gasteiger partial charge >= 0.3 is 12.0 Å². The van der Waals surface area contributed by atoms with Gasteiger partial charge in [-0.05, 0) is 69.2 Å². The Morgan fingerprint density at radius 1 is 1.22 bits per heavy atom. The number of hydrogen-bond acceptors (Lipinski definition) is 3. The number of carbonyl (C=O) groups is 2. The van der Waals surface area contributed by atoms with Crippen LogP contribution < -0.4 is 5.32 Å². The van der Waals surface area contributed by atoms with Gasteiger partial charge in [0.25, 0.3) is 0 Å². The van der Waals surface area contributed by atoms with Crippen LogP contribution in [0.1, 0.15) is 65.7 Å². The molecule has 6 nitrogen and oxygen atoms in total. The van der Waals surface area contributed by atoms with Gasteiger partial charge in [-0.1, -0.05) is 20.8 Å². The monoisotopic (exact) mass is 381 g/mol. The van der Waals surface area contributed by atoms with Crippen LogP contribution in [0.15, 0.2) is 0 Å². The van der Waals surface area contributed by atoms with Crippen LogP contribution >= 0.6 is 0 Å². The van der Waals surface area contributed by atoms with E-state index in [0.29, 0.717) is 17.9 Å². The molecule has 0 aromatic carbocycles. The molecule has 3 atom stereocenters. The van der Waals surface area contributed by atoms with Crippen LogP contribution in [0.3, 0.4) is 0 Å². The summed E-state index contributed by atoms with van der Waals surface area (Å²) >= 11 is 0. The van der Waals surface area contributed by atoms with Crippen molar-refractivity contribution < 1.29 is 14.7 Å². The van der Waals surface area contributed by atoms with E-state index in [1.807, 2.05) is 16.8 Å². The maximum atomic E-state index is 12.5. The third-order valence-corrected chi connectivity index (χ3v) is 6.30. The minimum atomic E-state index is -0.795. The summed E-state index contributed by atoms with van der Waals surface area (Å²) < 4.78 is 0. The first-order valence-electron chi connectivity index (χ1n) is 10.6. The Balaban J connectivity index is 1.72. The standard InChI is InChI=1S/C21H39N3O3/c1-16-12-17(14-21(2,3)13-16)7-9-22-20(27)24-10-5-6-18(8-11-24)23(4)15-19(25)26/h16-18H,5-15H2,1-4H3,(H,22,27)(H,25,26). The Hall–Kier alpha value is -1.30. The number of nitrogens with one attached hydrogen (secondary N) is 1. The summed E-state index contributed by atoms with van der Waals surface area (Å²) in [5.41, 5.74) is 0.425. The molecule has 0 radical (unpaired) electrons. The van der Waals surface area contributed by atoms with Crippen molar-refractivity contribution in [1.29, 1.82) is 0 Å². The molecule has 2 amide bonds. The largest absolute Gasteiger partial charge is 0.480 e. The van der Waals surface area contributed by atoms with Gasteiger partial charge in [0.2, 0.25) is 0 Å². The second-order valence-electron chi connectivity index (χ2n) is 9.68. The average Bonchev–Trinajstić information content (AvgIpc) is 2.78. The molecule has 2 fully saturated rings. The van der Waals surface area contributed by atoms with Gasteiger partial charge in [0.15, 0.2) is 0 Å². The zero-order valence-corrected chi connectivity index (χ0v) is 17.7. The highest BCUT2D eigenvalue weighted by Crippen LogP contribution is 2.42. The van der Waals surface area contributed by atoms with Crippen LogP contribution in [-0.2, 0) is 4.79 Å². The van der Waals surface area contributed by atoms with Crippen molar-refractivity contribution in [3.63, 3.8) is 0 Å². The number of carbonyl (C=O) groups excluding carboxylic acids is 1. The number of rotatable bonds is 6. The lowest BCUT2D eigenvalue weighted by Gasteiger charge is -2.39. The SMILES string of the molecule is CC1CC(CCNC(=O)N2CCCC(N(C)CC(=O)O)CC2)CC(C)(C)C1. The highest BCUT2D eigenvalue weighted by atomic mass is 16.4. The van der Waals surface area contributed by atoms with E-state index >= 15 is 0 Å². The number of amides is 2. The first-order chi connectivity index (χ1) is 12.7. The lowest BCUT2D eigenvalue weighted by atomic mass is 9.67. The van der Waals surface area contributed by atoms with E-state index < -0.39 is 5.97 Å². The number of likely N-dealkylation sites (N-methyl/N-ethyl adjacent to an activating group) is 1. The molecular weight excluding hydrogens is 342 g/mol. The van der Waals surface area contributed by atoms with Crippen molar-refractivity contribution in [2.45, 2.75) is 71.8 Å². The minimum Gasteiger partial charge on any atom is -0.480 e. The summed E-state index contributed by atoms with van der Waals surface area (Å²) in [7, 11) is 1.86. The Morgan fingerprint density at radius 2 is 1.96 bits per heavy atom. The number of hydrogen-bond donors (Lipinski definition) is 2. The van der Waals surface area contributed by atoms with Gasteiger partial charge in [-0.25, -0.2) is 4.79 Å². The predicted molar refractivity (Wildman–Crippen MR) is 108 cm³/mol. The molecule has 0 aromatic heterocycles. The molecule has 1 heterocycles. The Bertz CT molecular complexity index is 509. The predicted octanol–water partition coefficient (Wildman–Crippen LogP) is 3.42. The van der Waals surface area contributed by atoms with E-state index in [1.165, 1.54) is 19.3 Å². The van der Waals surface area contributed by atoms with Gasteiger partial charge < -0.3 is 15.3 Å². The minimum absolute atomic E-state index is 0.0413. The normalized spacial score (nSPS) is 28.6. The lowest BCUT2D eigenvalue weighted by molar-refractivity contribution is -0.138. The summed E-state index contributed by atoms with van der Waals surface area (Å²) in [4.78, 5) is 27.3. The van der Waals surface area contributed by atoms with Gasteiger partial charge in [-0.3, -0.25) is 9.69 Å². The van der Waals surface area contributed by atoms with Gasteiger partial charge in [0.1, 0.15) is 0 Å². The molecule has 0 bridgehead atoms. The molecule has 2 N–H and O–H groups in total. The van der Waals surface area contributed by atoms with E-state index in [-0.39, 0.29) is 18.6 Å². The average molecular weight is 382 g/mol. The van der Waals surface area contributed by atoms with E-state index in [2.05, 4.69) is 26.1 Å². The first-order valence-corrected chi connectivity index (χ1v) is 10.6.